The highest BCUT2D eigenvalue weighted by Crippen LogP contribution is 2.30. The number of aromatic amines is 2. The normalized spacial score (nSPS) is 14.2. The number of hydrogen-bond donors (Lipinski definition) is 2. The van der Waals surface area contributed by atoms with Crippen molar-refractivity contribution < 1.29 is 4.79 Å². The fourth-order valence-electron chi connectivity index (χ4n) is 2.07. The molecule has 0 aliphatic heterocycles. The average molecular weight is 337 g/mol. The second kappa shape index (κ2) is 5.24. The number of benzene rings is 1. The van der Waals surface area contributed by atoms with Crippen molar-refractivity contribution >= 4 is 21.8 Å². The summed E-state index contributed by atoms with van der Waals surface area (Å²) >= 11 is 3.49. The molecule has 1 amide bonds. The molecule has 1 aromatic heterocycles. The lowest BCUT2D eigenvalue weighted by Crippen LogP contribution is -2.33. The van der Waals surface area contributed by atoms with Crippen molar-refractivity contribution in [3.05, 3.63) is 50.6 Å². The van der Waals surface area contributed by atoms with E-state index in [1.165, 1.54) is 0 Å². The van der Waals surface area contributed by atoms with Crippen LogP contribution in [0.25, 0.3) is 0 Å². The van der Waals surface area contributed by atoms with Gasteiger partial charge in [0.05, 0.1) is 0 Å². The SMILES string of the molecule is O=C(c1n[nH]c(=O)[nH]1)N(Cc1ccccc1Br)C1CC1. The molecule has 3 rings (SSSR count). The minimum Gasteiger partial charge on any atom is -0.329 e. The molecule has 7 heteroatoms. The molecular formula is C13H13BrN4O2. The predicted octanol–water partition coefficient (Wildman–Crippen LogP) is 1.67. The summed E-state index contributed by atoms with van der Waals surface area (Å²) in [6, 6.07) is 8.02. The molecule has 20 heavy (non-hydrogen) atoms. The number of rotatable bonds is 4. The van der Waals surface area contributed by atoms with Gasteiger partial charge in [0.25, 0.3) is 5.91 Å². The molecule has 104 valence electrons. The Kier molecular flexibility index (Phi) is 3.43. The van der Waals surface area contributed by atoms with E-state index in [1.807, 2.05) is 24.3 Å². The summed E-state index contributed by atoms with van der Waals surface area (Å²) in [6.07, 6.45) is 1.98. The third kappa shape index (κ3) is 2.67. The zero-order valence-corrected chi connectivity index (χ0v) is 12.2. The first-order valence-electron chi connectivity index (χ1n) is 6.34. The smallest absolute Gasteiger partial charge is 0.329 e. The van der Waals surface area contributed by atoms with Gasteiger partial charge in [0.15, 0.2) is 0 Å². The van der Waals surface area contributed by atoms with Crippen LogP contribution in [0.2, 0.25) is 0 Å². The summed E-state index contributed by atoms with van der Waals surface area (Å²) in [5, 5.41) is 5.94. The zero-order chi connectivity index (χ0) is 14.1. The molecule has 0 atom stereocenters. The molecule has 1 saturated carbocycles. The number of nitrogens with one attached hydrogen (secondary N) is 2. The van der Waals surface area contributed by atoms with Crippen LogP contribution in [0.5, 0.6) is 0 Å². The van der Waals surface area contributed by atoms with E-state index >= 15 is 0 Å². The quantitative estimate of drug-likeness (QED) is 0.890. The van der Waals surface area contributed by atoms with E-state index in [4.69, 9.17) is 0 Å². The molecule has 1 aliphatic carbocycles. The van der Waals surface area contributed by atoms with Crippen LogP contribution in [0, 0.1) is 0 Å². The summed E-state index contributed by atoms with van der Waals surface area (Å²) in [4.78, 5) is 27.6. The Labute approximate surface area is 123 Å². The van der Waals surface area contributed by atoms with Crippen LogP contribution in [-0.2, 0) is 6.54 Å². The van der Waals surface area contributed by atoms with E-state index < -0.39 is 5.69 Å². The van der Waals surface area contributed by atoms with Gasteiger partial charge in [-0.1, -0.05) is 34.1 Å². The number of H-pyrrole nitrogens is 2. The number of nitrogens with zero attached hydrogens (tertiary/aromatic N) is 2. The lowest BCUT2D eigenvalue weighted by molar-refractivity contribution is 0.0717. The molecule has 0 radical (unpaired) electrons. The summed E-state index contributed by atoms with van der Waals surface area (Å²) in [5.74, 6) is -0.185. The molecule has 0 saturated heterocycles. The van der Waals surface area contributed by atoms with Gasteiger partial charge in [0.1, 0.15) is 0 Å². The van der Waals surface area contributed by atoms with Crippen LogP contribution in [0.3, 0.4) is 0 Å². The fourth-order valence-corrected chi connectivity index (χ4v) is 2.48. The van der Waals surface area contributed by atoms with Crippen LogP contribution < -0.4 is 5.69 Å². The van der Waals surface area contributed by atoms with Gasteiger partial charge in [0, 0.05) is 17.1 Å². The number of halogens is 1. The summed E-state index contributed by atoms with van der Waals surface area (Å²) in [7, 11) is 0. The van der Waals surface area contributed by atoms with Gasteiger partial charge in [0.2, 0.25) is 5.82 Å². The maximum atomic E-state index is 12.4. The van der Waals surface area contributed by atoms with Crippen molar-refractivity contribution in [3.8, 4) is 0 Å². The fraction of sp³-hybridized carbons (Fsp3) is 0.308. The van der Waals surface area contributed by atoms with Gasteiger partial charge in [-0.05, 0) is 24.5 Å². The highest BCUT2D eigenvalue weighted by atomic mass is 79.9. The van der Waals surface area contributed by atoms with E-state index in [-0.39, 0.29) is 17.8 Å². The van der Waals surface area contributed by atoms with Crippen molar-refractivity contribution in [2.75, 3.05) is 0 Å². The van der Waals surface area contributed by atoms with Gasteiger partial charge in [-0.25, -0.2) is 9.89 Å². The van der Waals surface area contributed by atoms with Gasteiger partial charge in [-0.2, -0.15) is 0 Å². The van der Waals surface area contributed by atoms with Crippen molar-refractivity contribution in [2.24, 2.45) is 0 Å². The van der Waals surface area contributed by atoms with E-state index in [1.54, 1.807) is 4.90 Å². The number of hydrogen-bond acceptors (Lipinski definition) is 3. The first-order valence-corrected chi connectivity index (χ1v) is 7.13. The maximum Gasteiger partial charge on any atom is 0.341 e. The topological polar surface area (TPSA) is 81.8 Å². The molecule has 2 N–H and O–H groups in total. The summed E-state index contributed by atoms with van der Waals surface area (Å²) in [5.41, 5.74) is 0.565. The van der Waals surface area contributed by atoms with Crippen LogP contribution in [0.15, 0.2) is 33.5 Å². The van der Waals surface area contributed by atoms with Crippen molar-refractivity contribution in [1.82, 2.24) is 20.1 Å². The predicted molar refractivity (Wildman–Crippen MR) is 76.2 cm³/mol. The average Bonchev–Trinajstić information content (AvgIpc) is 3.18. The zero-order valence-electron chi connectivity index (χ0n) is 10.6. The number of amides is 1. The first kappa shape index (κ1) is 13.1. The molecule has 1 heterocycles. The van der Waals surface area contributed by atoms with Gasteiger partial charge < -0.3 is 4.90 Å². The summed E-state index contributed by atoms with van der Waals surface area (Å²) in [6.45, 7) is 0.500. The Bertz CT molecular complexity index is 689. The van der Waals surface area contributed by atoms with Gasteiger partial charge >= 0.3 is 5.69 Å². The monoisotopic (exact) mass is 336 g/mol. The standard InChI is InChI=1S/C13H13BrN4O2/c14-10-4-2-1-3-8(10)7-18(9-5-6-9)12(19)11-15-13(20)17-16-11/h1-4,9H,5-7H2,(H2,15,16,17,20). The number of carbonyl (C=O) groups excluding carboxylic acids is 1. The molecule has 2 aromatic rings. The minimum absolute atomic E-state index is 0.0638. The van der Waals surface area contributed by atoms with Crippen LogP contribution in [0.4, 0.5) is 0 Å². The third-order valence-electron chi connectivity index (χ3n) is 3.25. The van der Waals surface area contributed by atoms with Crippen molar-refractivity contribution in [1.29, 1.82) is 0 Å². The molecule has 0 spiro atoms. The molecule has 1 fully saturated rings. The Hall–Kier alpha value is -1.89. The van der Waals surface area contributed by atoms with Crippen LogP contribution >= 0.6 is 15.9 Å². The Balaban J connectivity index is 1.85. The van der Waals surface area contributed by atoms with Crippen LogP contribution in [-0.4, -0.2) is 32.0 Å². The Morgan fingerprint density at radius 1 is 1.40 bits per heavy atom. The molecule has 0 unspecified atom stereocenters. The Morgan fingerprint density at radius 3 is 2.75 bits per heavy atom. The van der Waals surface area contributed by atoms with Crippen molar-refractivity contribution in [2.45, 2.75) is 25.4 Å². The minimum atomic E-state index is -0.468. The van der Waals surface area contributed by atoms with Crippen molar-refractivity contribution in [3.63, 3.8) is 0 Å². The lowest BCUT2D eigenvalue weighted by atomic mass is 10.2. The van der Waals surface area contributed by atoms with E-state index in [2.05, 4.69) is 31.1 Å². The third-order valence-corrected chi connectivity index (χ3v) is 4.02. The highest BCUT2D eigenvalue weighted by molar-refractivity contribution is 9.10. The second-order valence-corrected chi connectivity index (χ2v) is 5.64. The molecular weight excluding hydrogens is 324 g/mol. The van der Waals surface area contributed by atoms with E-state index in [9.17, 15) is 9.59 Å². The van der Waals surface area contributed by atoms with Crippen LogP contribution in [0.1, 0.15) is 29.0 Å². The van der Waals surface area contributed by atoms with Gasteiger partial charge in [-0.15, -0.1) is 5.10 Å². The maximum absolute atomic E-state index is 12.4. The van der Waals surface area contributed by atoms with Gasteiger partial charge in [-0.3, -0.25) is 9.78 Å². The van der Waals surface area contributed by atoms with E-state index in [0.717, 1.165) is 22.9 Å². The largest absolute Gasteiger partial charge is 0.341 e. The number of aromatic nitrogens is 3. The summed E-state index contributed by atoms with van der Waals surface area (Å²) < 4.78 is 0.967. The molecule has 0 bridgehead atoms. The molecule has 1 aromatic carbocycles. The first-order chi connectivity index (χ1) is 9.65. The molecule has 6 nitrogen and oxygen atoms in total. The lowest BCUT2D eigenvalue weighted by Gasteiger charge is -2.21. The second-order valence-electron chi connectivity index (χ2n) is 4.78. The molecule has 1 aliphatic rings. The Morgan fingerprint density at radius 2 is 2.15 bits per heavy atom. The highest BCUT2D eigenvalue weighted by Gasteiger charge is 2.34. The van der Waals surface area contributed by atoms with E-state index in [0.29, 0.717) is 6.54 Å². The number of carbonyl (C=O) groups is 1.